The van der Waals surface area contributed by atoms with Crippen LogP contribution >= 0.6 is 0 Å². The lowest BCUT2D eigenvalue weighted by Gasteiger charge is -2.19. The molecule has 0 saturated heterocycles. The molecule has 0 spiro atoms. The first-order chi connectivity index (χ1) is 16.5. The topological polar surface area (TPSA) is 75.3 Å². The van der Waals surface area contributed by atoms with Crippen LogP contribution in [0, 0.1) is 0 Å². The van der Waals surface area contributed by atoms with Crippen molar-refractivity contribution in [3.8, 4) is 0 Å². The molecule has 0 bridgehead atoms. The third-order valence-corrected chi connectivity index (χ3v) is 6.88. The van der Waals surface area contributed by atoms with E-state index in [4.69, 9.17) is 0 Å². The first-order valence-electron chi connectivity index (χ1n) is 11.0. The summed E-state index contributed by atoms with van der Waals surface area (Å²) in [5, 5.41) is 2.90. The Morgan fingerprint density at radius 1 is 0.676 bits per heavy atom. The molecule has 172 valence electrons. The molecule has 4 rings (SSSR count). The van der Waals surface area contributed by atoms with Crippen molar-refractivity contribution in [2.45, 2.75) is 23.8 Å². The smallest absolute Gasteiger partial charge is 0.242 e. The van der Waals surface area contributed by atoms with E-state index in [1.54, 1.807) is 24.3 Å². The van der Waals surface area contributed by atoms with Gasteiger partial charge in [0.25, 0.3) is 0 Å². The maximum atomic E-state index is 13.3. The lowest BCUT2D eigenvalue weighted by Crippen LogP contribution is -2.45. The molecule has 1 amide bonds. The Labute approximate surface area is 200 Å². The third kappa shape index (κ3) is 6.41. The summed E-state index contributed by atoms with van der Waals surface area (Å²) in [5.41, 5.74) is 3.70. The molecular weight excluding hydrogens is 444 g/mol. The van der Waals surface area contributed by atoms with Crippen LogP contribution in [-0.4, -0.2) is 20.4 Å². The largest absolute Gasteiger partial charge is 0.325 e. The van der Waals surface area contributed by atoms with Gasteiger partial charge in [-0.3, -0.25) is 4.79 Å². The minimum absolute atomic E-state index is 0.116. The van der Waals surface area contributed by atoms with Crippen molar-refractivity contribution in [2.75, 3.05) is 5.32 Å². The van der Waals surface area contributed by atoms with Crippen LogP contribution in [0.2, 0.25) is 0 Å². The summed E-state index contributed by atoms with van der Waals surface area (Å²) in [6.45, 7) is 0. The summed E-state index contributed by atoms with van der Waals surface area (Å²) in [6, 6.07) is 34.1. The Morgan fingerprint density at radius 3 is 1.88 bits per heavy atom. The van der Waals surface area contributed by atoms with Crippen molar-refractivity contribution >= 4 is 21.6 Å². The van der Waals surface area contributed by atoms with Crippen molar-refractivity contribution in [1.29, 1.82) is 0 Å². The van der Waals surface area contributed by atoms with Gasteiger partial charge in [-0.2, -0.15) is 4.72 Å². The number of anilines is 1. The second-order valence-electron chi connectivity index (χ2n) is 8.03. The number of carbonyl (C=O) groups excluding carboxylic acids is 1. The zero-order valence-electron chi connectivity index (χ0n) is 18.6. The summed E-state index contributed by atoms with van der Waals surface area (Å²) in [4.78, 5) is 13.4. The summed E-state index contributed by atoms with van der Waals surface area (Å²) in [5.74, 6) is -0.416. The molecule has 2 N–H and O–H groups in total. The fourth-order valence-electron chi connectivity index (χ4n) is 3.71. The van der Waals surface area contributed by atoms with Gasteiger partial charge in [-0.1, -0.05) is 91.0 Å². The number of sulfonamides is 1. The number of nitrogens with one attached hydrogen (secondary N) is 2. The highest BCUT2D eigenvalue weighted by Crippen LogP contribution is 2.17. The van der Waals surface area contributed by atoms with Crippen molar-refractivity contribution in [3.05, 3.63) is 132 Å². The maximum absolute atomic E-state index is 13.3. The number of hydrogen-bond acceptors (Lipinski definition) is 3. The van der Waals surface area contributed by atoms with Gasteiger partial charge in [0, 0.05) is 5.69 Å². The average Bonchev–Trinajstić information content (AvgIpc) is 2.85. The molecule has 0 aromatic heterocycles. The first kappa shape index (κ1) is 23.4. The van der Waals surface area contributed by atoms with Gasteiger partial charge in [-0.15, -0.1) is 0 Å². The molecule has 0 heterocycles. The minimum Gasteiger partial charge on any atom is -0.325 e. The predicted octanol–water partition coefficient (Wildman–Crippen LogP) is 4.81. The average molecular weight is 471 g/mol. The SMILES string of the molecule is O=C(Nc1cccc(Cc2ccccc2)c1)C(Cc1ccccc1)NS(=O)(=O)c1ccccc1. The van der Waals surface area contributed by atoms with Crippen molar-refractivity contribution in [2.24, 2.45) is 0 Å². The molecule has 0 fully saturated rings. The van der Waals surface area contributed by atoms with E-state index in [2.05, 4.69) is 22.2 Å². The van der Waals surface area contributed by atoms with Gasteiger partial charge in [0.05, 0.1) is 4.90 Å². The Hall–Kier alpha value is -3.74. The Bertz CT molecular complexity index is 1330. The second kappa shape index (κ2) is 10.9. The van der Waals surface area contributed by atoms with E-state index in [-0.39, 0.29) is 11.3 Å². The zero-order chi connectivity index (χ0) is 23.8. The van der Waals surface area contributed by atoms with Crippen LogP contribution in [0.4, 0.5) is 5.69 Å². The number of benzene rings is 4. The molecule has 1 atom stereocenters. The van der Waals surface area contributed by atoms with Crippen LogP contribution in [0.5, 0.6) is 0 Å². The Kier molecular flexibility index (Phi) is 7.52. The summed E-state index contributed by atoms with van der Waals surface area (Å²) >= 11 is 0. The van der Waals surface area contributed by atoms with Crippen LogP contribution in [0.15, 0.2) is 120 Å². The van der Waals surface area contributed by atoms with E-state index in [0.717, 1.165) is 17.5 Å². The summed E-state index contributed by atoms with van der Waals surface area (Å²) < 4.78 is 28.5. The van der Waals surface area contributed by atoms with Crippen molar-refractivity contribution in [1.82, 2.24) is 4.72 Å². The fraction of sp³-hybridized carbons (Fsp3) is 0.107. The highest BCUT2D eigenvalue weighted by atomic mass is 32.2. The van der Waals surface area contributed by atoms with E-state index in [9.17, 15) is 13.2 Å². The quantitative estimate of drug-likeness (QED) is 0.369. The lowest BCUT2D eigenvalue weighted by atomic mass is 10.0. The van der Waals surface area contributed by atoms with E-state index >= 15 is 0 Å². The lowest BCUT2D eigenvalue weighted by molar-refractivity contribution is -0.117. The molecule has 4 aromatic carbocycles. The highest BCUT2D eigenvalue weighted by molar-refractivity contribution is 7.89. The molecule has 6 heteroatoms. The Morgan fingerprint density at radius 2 is 1.24 bits per heavy atom. The van der Waals surface area contributed by atoms with Gasteiger partial charge in [0.15, 0.2) is 0 Å². The van der Waals surface area contributed by atoms with Crippen molar-refractivity contribution in [3.63, 3.8) is 0 Å². The van der Waals surface area contributed by atoms with E-state index in [1.165, 1.54) is 17.7 Å². The van der Waals surface area contributed by atoms with E-state index < -0.39 is 22.0 Å². The van der Waals surface area contributed by atoms with Gasteiger partial charge >= 0.3 is 0 Å². The molecule has 0 aliphatic rings. The standard InChI is InChI=1S/C28H26N2O3S/c31-28(29-25-16-10-15-24(20-25)19-22-11-4-1-5-12-22)27(21-23-13-6-2-7-14-23)30-34(32,33)26-17-8-3-9-18-26/h1-18,20,27,30H,19,21H2,(H,29,31). The van der Waals surface area contributed by atoms with Gasteiger partial charge in [0.2, 0.25) is 15.9 Å². The van der Waals surface area contributed by atoms with Crippen molar-refractivity contribution < 1.29 is 13.2 Å². The fourth-order valence-corrected chi connectivity index (χ4v) is 4.93. The summed E-state index contributed by atoms with van der Waals surface area (Å²) in [7, 11) is -3.88. The molecule has 0 aliphatic carbocycles. The Balaban J connectivity index is 1.54. The van der Waals surface area contributed by atoms with Gasteiger partial charge in [-0.25, -0.2) is 8.42 Å². The number of rotatable bonds is 9. The predicted molar refractivity (Wildman–Crippen MR) is 135 cm³/mol. The highest BCUT2D eigenvalue weighted by Gasteiger charge is 2.26. The number of hydrogen-bond donors (Lipinski definition) is 2. The van der Waals surface area contributed by atoms with Crippen LogP contribution in [0.3, 0.4) is 0 Å². The van der Waals surface area contributed by atoms with Crippen LogP contribution < -0.4 is 10.0 Å². The molecule has 34 heavy (non-hydrogen) atoms. The molecule has 0 aliphatic heterocycles. The number of amides is 1. The van der Waals surface area contributed by atoms with Crippen LogP contribution in [-0.2, 0) is 27.7 Å². The molecular formula is C28H26N2O3S. The van der Waals surface area contributed by atoms with Crippen LogP contribution in [0.25, 0.3) is 0 Å². The van der Waals surface area contributed by atoms with Gasteiger partial charge in [-0.05, 0) is 53.8 Å². The third-order valence-electron chi connectivity index (χ3n) is 5.40. The summed E-state index contributed by atoms with van der Waals surface area (Å²) in [6.07, 6.45) is 0.959. The van der Waals surface area contributed by atoms with Gasteiger partial charge in [0.1, 0.15) is 6.04 Å². The van der Waals surface area contributed by atoms with E-state index in [1.807, 2.05) is 66.7 Å². The maximum Gasteiger partial charge on any atom is 0.242 e. The molecule has 0 saturated carbocycles. The molecule has 1 unspecified atom stereocenters. The van der Waals surface area contributed by atoms with Crippen LogP contribution in [0.1, 0.15) is 16.7 Å². The first-order valence-corrected chi connectivity index (χ1v) is 12.5. The second-order valence-corrected chi connectivity index (χ2v) is 9.74. The molecule has 5 nitrogen and oxygen atoms in total. The minimum atomic E-state index is -3.88. The normalized spacial score (nSPS) is 12.1. The van der Waals surface area contributed by atoms with Gasteiger partial charge < -0.3 is 5.32 Å². The zero-order valence-corrected chi connectivity index (χ0v) is 19.4. The molecule has 0 radical (unpaired) electrons. The molecule has 4 aromatic rings. The van der Waals surface area contributed by atoms with E-state index in [0.29, 0.717) is 5.69 Å². The monoisotopic (exact) mass is 470 g/mol. The number of carbonyl (C=O) groups is 1.